The Morgan fingerprint density at radius 3 is 2.54 bits per heavy atom. The van der Waals surface area contributed by atoms with Gasteiger partial charge in [-0.25, -0.2) is 0 Å². The van der Waals surface area contributed by atoms with E-state index < -0.39 is 0 Å². The summed E-state index contributed by atoms with van der Waals surface area (Å²) in [5, 5.41) is 9.04. The zero-order chi connectivity index (χ0) is 10.1. The highest BCUT2D eigenvalue weighted by Gasteiger charge is 1.90. The van der Waals surface area contributed by atoms with E-state index in [2.05, 4.69) is 13.5 Å². The molecule has 0 spiro atoms. The van der Waals surface area contributed by atoms with Crippen LogP contribution in [0.2, 0.25) is 0 Å². The summed E-state index contributed by atoms with van der Waals surface area (Å²) in [5.74, 6) is 0.367. The molecular weight excluding hydrogens is 160 g/mol. The molecule has 0 aromatic heterocycles. The van der Waals surface area contributed by atoms with Gasteiger partial charge in [0, 0.05) is 0 Å². The van der Waals surface area contributed by atoms with Crippen molar-refractivity contribution < 1.29 is 5.11 Å². The number of rotatable bonds is 2. The van der Waals surface area contributed by atoms with Crippen molar-refractivity contribution in [3.05, 3.63) is 42.5 Å². The molecule has 0 aliphatic heterocycles. The Hall–Kier alpha value is -1.24. The van der Waals surface area contributed by atoms with Crippen LogP contribution in [0, 0.1) is 0 Å². The molecule has 0 atom stereocenters. The lowest BCUT2D eigenvalue weighted by Crippen LogP contribution is -1.80. The molecule has 1 N–H and O–H groups in total. The normalized spacial score (nSPS) is 8.46. The highest BCUT2D eigenvalue weighted by molar-refractivity contribution is 5.26. The van der Waals surface area contributed by atoms with Gasteiger partial charge in [0.15, 0.2) is 0 Å². The number of hydrogen-bond acceptors (Lipinski definition) is 1. The molecular formula is C12H18O. The van der Waals surface area contributed by atoms with Crippen LogP contribution < -0.4 is 0 Å². The summed E-state index contributed by atoms with van der Waals surface area (Å²) < 4.78 is 0. The average molecular weight is 178 g/mol. The zero-order valence-corrected chi connectivity index (χ0v) is 8.46. The van der Waals surface area contributed by atoms with E-state index in [4.69, 9.17) is 5.11 Å². The summed E-state index contributed by atoms with van der Waals surface area (Å²) in [6, 6.07) is 7.41. The van der Waals surface area contributed by atoms with E-state index >= 15 is 0 Å². The number of aromatic hydroxyl groups is 1. The summed E-state index contributed by atoms with van der Waals surface area (Å²) in [5.41, 5.74) is 1.21. The lowest BCUT2D eigenvalue weighted by molar-refractivity contribution is 0.474. The third-order valence-corrected chi connectivity index (χ3v) is 1.45. The van der Waals surface area contributed by atoms with Gasteiger partial charge in [-0.3, -0.25) is 0 Å². The van der Waals surface area contributed by atoms with Crippen molar-refractivity contribution in [3.8, 4) is 5.75 Å². The van der Waals surface area contributed by atoms with Gasteiger partial charge < -0.3 is 5.11 Å². The van der Waals surface area contributed by atoms with Crippen LogP contribution in [0.1, 0.15) is 25.8 Å². The fourth-order valence-electron chi connectivity index (χ4n) is 1.00. The fourth-order valence-corrected chi connectivity index (χ4v) is 1.00. The van der Waals surface area contributed by atoms with Crippen LogP contribution in [0.3, 0.4) is 0 Å². The lowest BCUT2D eigenvalue weighted by atomic mass is 10.1. The standard InChI is InChI=1S/C9H12O.C3H6/c1-2-4-8-5-3-6-9(10)7-8;1-3-2/h3,5-7,10H,2,4H2,1H3;3H,1H2,2H3. The molecule has 1 heteroatoms. The minimum Gasteiger partial charge on any atom is -0.508 e. The molecule has 0 aliphatic rings. The monoisotopic (exact) mass is 178 g/mol. The predicted octanol–water partition coefficient (Wildman–Crippen LogP) is 3.54. The number of phenols is 1. The number of aryl methyl sites for hydroxylation is 1. The van der Waals surface area contributed by atoms with Gasteiger partial charge in [0.05, 0.1) is 0 Å². The van der Waals surface area contributed by atoms with E-state index in [1.54, 1.807) is 12.1 Å². The van der Waals surface area contributed by atoms with Crippen molar-refractivity contribution in [2.45, 2.75) is 26.7 Å². The van der Waals surface area contributed by atoms with Gasteiger partial charge in [-0.1, -0.05) is 31.6 Å². The maximum atomic E-state index is 9.04. The second-order valence-corrected chi connectivity index (χ2v) is 2.83. The van der Waals surface area contributed by atoms with Gasteiger partial charge in [-0.15, -0.1) is 6.58 Å². The van der Waals surface area contributed by atoms with Gasteiger partial charge in [0.2, 0.25) is 0 Å². The van der Waals surface area contributed by atoms with E-state index in [0.29, 0.717) is 5.75 Å². The minimum absolute atomic E-state index is 0.367. The molecule has 1 nitrogen and oxygen atoms in total. The predicted molar refractivity (Wildman–Crippen MR) is 58.0 cm³/mol. The first-order valence-electron chi connectivity index (χ1n) is 4.59. The van der Waals surface area contributed by atoms with Gasteiger partial charge in [0.1, 0.15) is 5.75 Å². The maximum absolute atomic E-state index is 9.04. The SMILES string of the molecule is C=CC.CCCc1cccc(O)c1. The Morgan fingerprint density at radius 2 is 2.08 bits per heavy atom. The second kappa shape index (κ2) is 7.41. The third-order valence-electron chi connectivity index (χ3n) is 1.45. The minimum atomic E-state index is 0.367. The molecule has 0 fully saturated rings. The molecule has 0 bridgehead atoms. The van der Waals surface area contributed by atoms with Crippen LogP contribution >= 0.6 is 0 Å². The van der Waals surface area contributed by atoms with Crippen LogP contribution in [0.4, 0.5) is 0 Å². The summed E-state index contributed by atoms with van der Waals surface area (Å²) in [7, 11) is 0. The van der Waals surface area contributed by atoms with Crippen molar-refractivity contribution in [2.24, 2.45) is 0 Å². The summed E-state index contributed by atoms with van der Waals surface area (Å²) in [6.07, 6.45) is 3.93. The van der Waals surface area contributed by atoms with E-state index in [1.165, 1.54) is 5.56 Å². The van der Waals surface area contributed by atoms with E-state index in [0.717, 1.165) is 12.8 Å². The van der Waals surface area contributed by atoms with Crippen molar-refractivity contribution >= 4 is 0 Å². The quantitative estimate of drug-likeness (QED) is 0.687. The molecule has 1 aromatic carbocycles. The fraction of sp³-hybridized carbons (Fsp3) is 0.333. The molecule has 0 saturated carbocycles. The third kappa shape index (κ3) is 5.97. The van der Waals surface area contributed by atoms with Gasteiger partial charge in [0.25, 0.3) is 0 Å². The highest BCUT2D eigenvalue weighted by Crippen LogP contribution is 2.11. The number of allylic oxidation sites excluding steroid dienone is 1. The number of benzene rings is 1. The summed E-state index contributed by atoms with van der Waals surface area (Å²) in [4.78, 5) is 0. The van der Waals surface area contributed by atoms with E-state index in [-0.39, 0.29) is 0 Å². The second-order valence-electron chi connectivity index (χ2n) is 2.83. The van der Waals surface area contributed by atoms with Crippen molar-refractivity contribution in [2.75, 3.05) is 0 Å². The smallest absolute Gasteiger partial charge is 0.115 e. The Labute approximate surface area is 80.7 Å². The molecule has 0 aliphatic carbocycles. The molecule has 13 heavy (non-hydrogen) atoms. The van der Waals surface area contributed by atoms with Crippen LogP contribution in [0.15, 0.2) is 36.9 Å². The molecule has 0 radical (unpaired) electrons. The van der Waals surface area contributed by atoms with E-state index in [1.807, 2.05) is 25.1 Å². The topological polar surface area (TPSA) is 20.2 Å². The first kappa shape index (κ1) is 11.8. The molecule has 0 unspecified atom stereocenters. The van der Waals surface area contributed by atoms with Crippen molar-refractivity contribution in [1.82, 2.24) is 0 Å². The van der Waals surface area contributed by atoms with E-state index in [9.17, 15) is 0 Å². The Bertz CT molecular complexity index is 241. The molecule has 1 aromatic rings. The van der Waals surface area contributed by atoms with Crippen LogP contribution in [-0.4, -0.2) is 5.11 Å². The highest BCUT2D eigenvalue weighted by atomic mass is 16.3. The Kier molecular flexibility index (Phi) is 6.70. The molecule has 0 saturated heterocycles. The summed E-state index contributed by atoms with van der Waals surface area (Å²) in [6.45, 7) is 7.38. The first-order valence-corrected chi connectivity index (χ1v) is 4.59. The van der Waals surface area contributed by atoms with Crippen LogP contribution in [-0.2, 0) is 6.42 Å². The Balaban J connectivity index is 0.000000424. The van der Waals surface area contributed by atoms with Gasteiger partial charge >= 0.3 is 0 Å². The van der Waals surface area contributed by atoms with Crippen LogP contribution in [0.5, 0.6) is 5.75 Å². The molecule has 72 valence electrons. The number of hydrogen-bond donors (Lipinski definition) is 1. The first-order chi connectivity index (χ1) is 6.24. The molecule has 1 rings (SSSR count). The zero-order valence-electron chi connectivity index (χ0n) is 8.46. The van der Waals surface area contributed by atoms with Crippen molar-refractivity contribution in [3.63, 3.8) is 0 Å². The number of phenolic OH excluding ortho intramolecular Hbond substituents is 1. The Morgan fingerprint density at radius 1 is 1.46 bits per heavy atom. The van der Waals surface area contributed by atoms with Gasteiger partial charge in [-0.05, 0) is 31.0 Å². The van der Waals surface area contributed by atoms with Gasteiger partial charge in [-0.2, -0.15) is 0 Å². The van der Waals surface area contributed by atoms with Crippen molar-refractivity contribution in [1.29, 1.82) is 0 Å². The molecule has 0 heterocycles. The largest absolute Gasteiger partial charge is 0.508 e. The van der Waals surface area contributed by atoms with Crippen LogP contribution in [0.25, 0.3) is 0 Å². The average Bonchev–Trinajstić information content (AvgIpc) is 2.06. The maximum Gasteiger partial charge on any atom is 0.115 e. The summed E-state index contributed by atoms with van der Waals surface area (Å²) >= 11 is 0. The lowest BCUT2D eigenvalue weighted by Gasteiger charge is -1.97. The molecule has 0 amide bonds.